The number of fused-ring (bicyclic) bond motifs is 1. The van der Waals surface area contributed by atoms with Gasteiger partial charge in [-0.25, -0.2) is 14.8 Å². The molecular weight excluding hydrogens is 448 g/mol. The number of nitriles is 1. The molecule has 0 aliphatic carbocycles. The van der Waals surface area contributed by atoms with Crippen LogP contribution in [-0.4, -0.2) is 39.4 Å². The quantitative estimate of drug-likeness (QED) is 0.430. The highest BCUT2D eigenvalue weighted by Gasteiger charge is 2.21. The molecule has 3 rings (SSSR count). The zero-order valence-electron chi connectivity index (χ0n) is 19.9. The first-order chi connectivity index (χ1) is 16.8. The molecule has 4 amide bonds. The number of anilines is 3. The minimum atomic E-state index is -0.598. The molecule has 0 spiro atoms. The number of aromatic nitrogens is 3. The average molecular weight is 477 g/mol. The van der Waals surface area contributed by atoms with Gasteiger partial charge in [-0.3, -0.25) is 20.2 Å². The fraction of sp³-hybridized carbons (Fsp3) is 0.333. The van der Waals surface area contributed by atoms with Gasteiger partial charge < -0.3 is 15.2 Å². The standard InChI is InChI=1S/C24H28N8O3/c1-4-16(5-2)22(34)31(3)17-7-8-19-18(12-17)28-23(32(19)11-10-20(26)33)30-24(35)29-21-9-6-15(13-25)14-27-21/h6-9,12,14,16H,4-5,10-11H2,1-3H3,(H2,26,33)(H2,27,28,29,30,35). The highest BCUT2D eigenvalue weighted by atomic mass is 16.2. The lowest BCUT2D eigenvalue weighted by Gasteiger charge is -2.22. The van der Waals surface area contributed by atoms with Crippen LogP contribution in [0.4, 0.5) is 22.2 Å². The predicted octanol–water partition coefficient (Wildman–Crippen LogP) is 3.22. The third-order valence-electron chi connectivity index (χ3n) is 5.73. The Morgan fingerprint density at radius 2 is 1.91 bits per heavy atom. The second kappa shape index (κ2) is 11.1. The van der Waals surface area contributed by atoms with Gasteiger partial charge in [0.15, 0.2) is 0 Å². The van der Waals surface area contributed by atoms with Crippen molar-refractivity contribution in [1.82, 2.24) is 14.5 Å². The number of pyridine rings is 1. The van der Waals surface area contributed by atoms with Crippen molar-refractivity contribution in [3.05, 3.63) is 42.1 Å². The lowest BCUT2D eigenvalue weighted by Crippen LogP contribution is -2.32. The van der Waals surface area contributed by atoms with E-state index in [-0.39, 0.29) is 36.6 Å². The van der Waals surface area contributed by atoms with E-state index in [0.717, 1.165) is 12.8 Å². The van der Waals surface area contributed by atoms with Crippen LogP contribution in [0.15, 0.2) is 36.5 Å². The largest absolute Gasteiger partial charge is 0.370 e. The Bertz CT molecular complexity index is 1270. The van der Waals surface area contributed by atoms with E-state index >= 15 is 0 Å². The van der Waals surface area contributed by atoms with Crippen LogP contribution in [0.1, 0.15) is 38.7 Å². The first-order valence-electron chi connectivity index (χ1n) is 11.3. The summed E-state index contributed by atoms with van der Waals surface area (Å²) >= 11 is 0. The fourth-order valence-electron chi connectivity index (χ4n) is 3.69. The number of nitrogens with one attached hydrogen (secondary N) is 2. The molecule has 11 heteroatoms. The van der Waals surface area contributed by atoms with Gasteiger partial charge in [-0.15, -0.1) is 0 Å². The first kappa shape index (κ1) is 25.2. The smallest absolute Gasteiger partial charge is 0.327 e. The van der Waals surface area contributed by atoms with Crippen LogP contribution in [0.5, 0.6) is 0 Å². The summed E-state index contributed by atoms with van der Waals surface area (Å²) in [5.74, 6) is -0.0736. The van der Waals surface area contributed by atoms with Crippen LogP contribution in [0.25, 0.3) is 11.0 Å². The molecule has 0 unspecified atom stereocenters. The maximum absolute atomic E-state index is 12.8. The van der Waals surface area contributed by atoms with Crippen LogP contribution >= 0.6 is 0 Å². The highest BCUT2D eigenvalue weighted by Crippen LogP contribution is 2.26. The second-order valence-electron chi connectivity index (χ2n) is 8.01. The van der Waals surface area contributed by atoms with E-state index in [9.17, 15) is 14.4 Å². The fourth-order valence-corrected chi connectivity index (χ4v) is 3.69. The van der Waals surface area contributed by atoms with E-state index in [0.29, 0.717) is 22.3 Å². The molecule has 0 bridgehead atoms. The van der Waals surface area contributed by atoms with E-state index in [4.69, 9.17) is 11.0 Å². The van der Waals surface area contributed by atoms with Crippen molar-refractivity contribution >= 4 is 46.3 Å². The Labute approximate surface area is 202 Å². The van der Waals surface area contributed by atoms with Gasteiger partial charge in [-0.2, -0.15) is 5.26 Å². The molecule has 3 aromatic rings. The summed E-state index contributed by atoms with van der Waals surface area (Å²) in [5, 5.41) is 14.1. The van der Waals surface area contributed by atoms with Crippen molar-refractivity contribution in [2.45, 2.75) is 39.7 Å². The Morgan fingerprint density at radius 1 is 1.17 bits per heavy atom. The van der Waals surface area contributed by atoms with Crippen molar-refractivity contribution in [3.8, 4) is 6.07 Å². The Balaban J connectivity index is 1.89. The van der Waals surface area contributed by atoms with Gasteiger partial charge >= 0.3 is 6.03 Å². The van der Waals surface area contributed by atoms with Gasteiger partial charge in [0, 0.05) is 37.8 Å². The number of aryl methyl sites for hydroxylation is 1. The monoisotopic (exact) mass is 476 g/mol. The SMILES string of the molecule is CCC(CC)C(=O)N(C)c1ccc2c(c1)nc(NC(=O)Nc1ccc(C#N)cn1)n2CCC(N)=O. The summed E-state index contributed by atoms with van der Waals surface area (Å²) in [6.07, 6.45) is 2.90. The zero-order chi connectivity index (χ0) is 25.5. The minimum absolute atomic E-state index is 0.0233. The average Bonchev–Trinajstić information content (AvgIpc) is 3.19. The summed E-state index contributed by atoms with van der Waals surface area (Å²) in [4.78, 5) is 46.9. The number of carbonyl (C=O) groups excluding carboxylic acids is 3. The van der Waals surface area contributed by atoms with Gasteiger partial charge in [-0.05, 0) is 43.2 Å². The number of carbonyl (C=O) groups is 3. The number of rotatable bonds is 9. The van der Waals surface area contributed by atoms with Crippen molar-refractivity contribution in [2.75, 3.05) is 22.6 Å². The van der Waals surface area contributed by atoms with Gasteiger partial charge in [0.1, 0.15) is 11.9 Å². The Kier molecular flexibility index (Phi) is 7.99. The maximum atomic E-state index is 12.8. The molecule has 2 aromatic heterocycles. The maximum Gasteiger partial charge on any atom is 0.327 e. The number of urea groups is 1. The van der Waals surface area contributed by atoms with Crippen LogP contribution in [0.3, 0.4) is 0 Å². The summed E-state index contributed by atoms with van der Waals surface area (Å²) < 4.78 is 1.68. The second-order valence-corrected chi connectivity index (χ2v) is 8.01. The van der Waals surface area contributed by atoms with Crippen molar-refractivity contribution in [2.24, 2.45) is 11.7 Å². The predicted molar refractivity (Wildman–Crippen MR) is 133 cm³/mol. The number of benzene rings is 1. The summed E-state index contributed by atoms with van der Waals surface area (Å²) in [7, 11) is 1.73. The summed E-state index contributed by atoms with van der Waals surface area (Å²) in [6.45, 7) is 4.18. The van der Waals surface area contributed by atoms with Gasteiger partial charge in [0.25, 0.3) is 0 Å². The third kappa shape index (κ3) is 5.92. The van der Waals surface area contributed by atoms with Gasteiger partial charge in [-0.1, -0.05) is 13.8 Å². The summed E-state index contributed by atoms with van der Waals surface area (Å²) in [6, 6.07) is 9.76. The molecule has 0 saturated carbocycles. The van der Waals surface area contributed by atoms with E-state index in [1.165, 1.54) is 18.3 Å². The zero-order valence-corrected chi connectivity index (χ0v) is 19.9. The van der Waals surface area contributed by atoms with Crippen LogP contribution < -0.4 is 21.3 Å². The Hall–Kier alpha value is -4.46. The number of hydrogen-bond acceptors (Lipinski definition) is 6. The van der Waals surface area contributed by atoms with E-state index in [1.54, 1.807) is 34.7 Å². The number of hydrogen-bond donors (Lipinski definition) is 3. The lowest BCUT2D eigenvalue weighted by atomic mass is 10.0. The molecule has 0 fully saturated rings. The van der Waals surface area contributed by atoms with Crippen LogP contribution in [0, 0.1) is 17.2 Å². The molecule has 2 heterocycles. The molecule has 11 nitrogen and oxygen atoms in total. The first-order valence-corrected chi connectivity index (χ1v) is 11.3. The van der Waals surface area contributed by atoms with E-state index < -0.39 is 11.9 Å². The van der Waals surface area contributed by atoms with Gasteiger partial charge in [0.05, 0.1) is 16.6 Å². The highest BCUT2D eigenvalue weighted by molar-refractivity contribution is 6.00. The molecule has 0 saturated heterocycles. The van der Waals surface area contributed by atoms with Gasteiger partial charge in [0.2, 0.25) is 17.8 Å². The molecule has 35 heavy (non-hydrogen) atoms. The molecule has 182 valence electrons. The number of amides is 4. The van der Waals surface area contributed by atoms with Crippen molar-refractivity contribution in [1.29, 1.82) is 5.26 Å². The molecule has 0 aliphatic heterocycles. The normalized spacial score (nSPS) is 10.7. The topological polar surface area (TPSA) is 159 Å². The lowest BCUT2D eigenvalue weighted by molar-refractivity contribution is -0.122. The molecule has 1 aromatic carbocycles. The number of imidazole rings is 1. The number of nitrogens with two attached hydrogens (primary N) is 1. The van der Waals surface area contributed by atoms with E-state index in [1.807, 2.05) is 19.9 Å². The van der Waals surface area contributed by atoms with Crippen molar-refractivity contribution < 1.29 is 14.4 Å². The Morgan fingerprint density at radius 3 is 2.51 bits per heavy atom. The third-order valence-corrected chi connectivity index (χ3v) is 5.73. The molecule has 0 radical (unpaired) electrons. The minimum Gasteiger partial charge on any atom is -0.370 e. The molecule has 4 N–H and O–H groups in total. The summed E-state index contributed by atoms with van der Waals surface area (Å²) in [5.41, 5.74) is 7.59. The van der Waals surface area contributed by atoms with Crippen LogP contribution in [-0.2, 0) is 16.1 Å². The molecule has 0 atom stereocenters. The van der Waals surface area contributed by atoms with Crippen molar-refractivity contribution in [3.63, 3.8) is 0 Å². The molecular formula is C24H28N8O3. The number of primary amides is 1. The number of nitrogens with zero attached hydrogens (tertiary/aromatic N) is 5. The molecule has 0 aliphatic rings. The van der Waals surface area contributed by atoms with E-state index in [2.05, 4.69) is 20.6 Å². The van der Waals surface area contributed by atoms with Crippen LogP contribution in [0.2, 0.25) is 0 Å².